The summed E-state index contributed by atoms with van der Waals surface area (Å²) in [6.07, 6.45) is 0. The van der Waals surface area contributed by atoms with Crippen LogP contribution in [0.4, 0.5) is 4.39 Å². The van der Waals surface area contributed by atoms with Crippen LogP contribution in [0.15, 0.2) is 24.3 Å². The van der Waals surface area contributed by atoms with E-state index >= 15 is 0 Å². The largest absolute Gasteiger partial charge is 0.472 e. The minimum atomic E-state index is -0.215. The van der Waals surface area contributed by atoms with Gasteiger partial charge in [0.1, 0.15) is 10.8 Å². The van der Waals surface area contributed by atoms with Crippen LogP contribution in [0, 0.1) is 5.82 Å². The van der Waals surface area contributed by atoms with E-state index < -0.39 is 0 Å². The van der Waals surface area contributed by atoms with E-state index in [1.165, 1.54) is 23.5 Å². The van der Waals surface area contributed by atoms with Crippen molar-refractivity contribution >= 4 is 11.3 Å². The second kappa shape index (κ2) is 6.08. The molecule has 0 spiro atoms. The normalized spacial score (nSPS) is 12.7. The summed E-state index contributed by atoms with van der Waals surface area (Å²) >= 11 is 1.43. The third kappa shape index (κ3) is 3.48. The topological polar surface area (TPSA) is 38.3 Å². The molecule has 0 aliphatic carbocycles. The Labute approximate surface area is 115 Å². The summed E-state index contributed by atoms with van der Waals surface area (Å²) in [4.78, 5) is 2.13. The molecule has 19 heavy (non-hydrogen) atoms. The molecule has 0 fully saturated rings. The summed E-state index contributed by atoms with van der Waals surface area (Å²) in [7, 11) is 3.58. The molecule has 1 atom stereocenters. The van der Waals surface area contributed by atoms with Gasteiger partial charge in [-0.25, -0.2) is 4.39 Å². The Bertz CT molecular complexity index is 529. The highest BCUT2D eigenvalue weighted by Gasteiger charge is 2.14. The first-order chi connectivity index (χ1) is 9.10. The van der Waals surface area contributed by atoms with E-state index in [2.05, 4.69) is 22.0 Å². The quantitative estimate of drug-likeness (QED) is 0.844. The second-order valence-corrected chi connectivity index (χ2v) is 5.33. The van der Waals surface area contributed by atoms with E-state index in [9.17, 15) is 4.39 Å². The van der Waals surface area contributed by atoms with Crippen LogP contribution in [0.5, 0.6) is 5.19 Å². The van der Waals surface area contributed by atoms with Crippen LogP contribution >= 0.6 is 11.3 Å². The van der Waals surface area contributed by atoms with Crippen LogP contribution in [0.1, 0.15) is 23.5 Å². The van der Waals surface area contributed by atoms with Crippen LogP contribution in [0.2, 0.25) is 0 Å². The van der Waals surface area contributed by atoms with Gasteiger partial charge in [-0.2, -0.15) is 0 Å². The molecule has 0 aliphatic rings. The minimum Gasteiger partial charge on any atom is -0.472 e. The van der Waals surface area contributed by atoms with Crippen molar-refractivity contribution in [3.8, 4) is 5.19 Å². The third-order valence-electron chi connectivity index (χ3n) is 3.02. The van der Waals surface area contributed by atoms with Crippen molar-refractivity contribution in [1.29, 1.82) is 0 Å². The molecule has 6 heteroatoms. The van der Waals surface area contributed by atoms with Crippen LogP contribution in [-0.2, 0) is 6.54 Å². The zero-order valence-electron chi connectivity index (χ0n) is 11.1. The molecular weight excluding hydrogens is 265 g/mol. The molecule has 0 radical (unpaired) electrons. The van der Waals surface area contributed by atoms with Crippen molar-refractivity contribution in [2.24, 2.45) is 0 Å². The lowest BCUT2D eigenvalue weighted by molar-refractivity contribution is 0.252. The predicted molar refractivity (Wildman–Crippen MR) is 72.7 cm³/mol. The SMILES string of the molecule is COc1nnc(CN(C)[C@H](C)c2ccc(F)cc2)s1. The molecule has 2 rings (SSSR count). The molecule has 0 amide bonds. The van der Waals surface area contributed by atoms with Crippen LogP contribution < -0.4 is 4.74 Å². The Hall–Kier alpha value is -1.53. The number of hydrogen-bond acceptors (Lipinski definition) is 5. The van der Waals surface area contributed by atoms with Gasteiger partial charge in [0.2, 0.25) is 0 Å². The number of methoxy groups -OCH3 is 1. The predicted octanol–water partition coefficient (Wildman–Crippen LogP) is 2.88. The zero-order valence-corrected chi connectivity index (χ0v) is 11.9. The molecule has 0 N–H and O–H groups in total. The van der Waals surface area contributed by atoms with Gasteiger partial charge in [0.15, 0.2) is 0 Å². The number of nitrogens with zero attached hydrogens (tertiary/aromatic N) is 3. The highest BCUT2D eigenvalue weighted by molar-refractivity contribution is 7.13. The van der Waals surface area contributed by atoms with E-state index in [1.54, 1.807) is 19.2 Å². The van der Waals surface area contributed by atoms with Gasteiger partial charge in [-0.15, -0.1) is 10.2 Å². The van der Waals surface area contributed by atoms with Gasteiger partial charge in [0.05, 0.1) is 13.7 Å². The van der Waals surface area contributed by atoms with Crippen molar-refractivity contribution in [3.05, 3.63) is 40.7 Å². The summed E-state index contributed by atoms with van der Waals surface area (Å²) < 4.78 is 17.9. The Kier molecular flexibility index (Phi) is 4.44. The monoisotopic (exact) mass is 281 g/mol. The molecule has 0 bridgehead atoms. The maximum absolute atomic E-state index is 12.9. The first-order valence-corrected chi connectivity index (χ1v) is 6.74. The van der Waals surface area contributed by atoms with Crippen molar-refractivity contribution in [1.82, 2.24) is 15.1 Å². The highest BCUT2D eigenvalue weighted by atomic mass is 32.1. The van der Waals surface area contributed by atoms with Crippen LogP contribution in [0.3, 0.4) is 0 Å². The maximum atomic E-state index is 12.9. The summed E-state index contributed by atoms with van der Waals surface area (Å²) in [5.74, 6) is -0.215. The molecule has 0 saturated carbocycles. The van der Waals surface area contributed by atoms with Crippen molar-refractivity contribution < 1.29 is 9.13 Å². The number of ether oxygens (including phenoxy) is 1. The number of halogens is 1. The van der Waals surface area contributed by atoms with Gasteiger partial charge in [-0.1, -0.05) is 23.5 Å². The van der Waals surface area contributed by atoms with Crippen molar-refractivity contribution in [2.45, 2.75) is 19.5 Å². The Morgan fingerprint density at radius 1 is 1.32 bits per heavy atom. The Morgan fingerprint density at radius 2 is 2.00 bits per heavy atom. The van der Waals surface area contributed by atoms with E-state index in [0.29, 0.717) is 11.7 Å². The van der Waals surface area contributed by atoms with Crippen LogP contribution in [-0.4, -0.2) is 29.3 Å². The van der Waals surface area contributed by atoms with Gasteiger partial charge < -0.3 is 4.74 Å². The van der Waals surface area contributed by atoms with Gasteiger partial charge in [-0.3, -0.25) is 4.90 Å². The molecule has 1 heterocycles. The van der Waals surface area contributed by atoms with Gasteiger partial charge in [0.25, 0.3) is 5.19 Å². The maximum Gasteiger partial charge on any atom is 0.293 e. The first-order valence-electron chi connectivity index (χ1n) is 5.92. The van der Waals surface area contributed by atoms with E-state index in [1.807, 2.05) is 7.05 Å². The molecule has 0 saturated heterocycles. The van der Waals surface area contributed by atoms with Gasteiger partial charge >= 0.3 is 0 Å². The molecule has 4 nitrogen and oxygen atoms in total. The fraction of sp³-hybridized carbons (Fsp3) is 0.385. The van der Waals surface area contributed by atoms with Crippen molar-refractivity contribution in [2.75, 3.05) is 14.2 Å². The second-order valence-electron chi connectivity index (χ2n) is 4.31. The number of hydrogen-bond donors (Lipinski definition) is 0. The van der Waals surface area contributed by atoms with E-state index in [0.717, 1.165) is 10.6 Å². The first kappa shape index (κ1) is 13.9. The van der Waals surface area contributed by atoms with E-state index in [4.69, 9.17) is 4.74 Å². The number of rotatable bonds is 5. The molecule has 102 valence electrons. The zero-order chi connectivity index (χ0) is 13.8. The summed E-state index contributed by atoms with van der Waals surface area (Å²) in [6.45, 7) is 2.76. The third-order valence-corrected chi connectivity index (χ3v) is 3.89. The average Bonchev–Trinajstić information content (AvgIpc) is 2.86. The summed E-state index contributed by atoms with van der Waals surface area (Å²) in [6, 6.07) is 6.74. The number of aromatic nitrogens is 2. The fourth-order valence-corrected chi connectivity index (χ4v) is 2.45. The summed E-state index contributed by atoms with van der Waals surface area (Å²) in [5, 5.41) is 9.42. The highest BCUT2D eigenvalue weighted by Crippen LogP contribution is 2.23. The molecule has 1 aromatic carbocycles. The lowest BCUT2D eigenvalue weighted by Crippen LogP contribution is -2.21. The summed E-state index contributed by atoms with van der Waals surface area (Å²) in [5.41, 5.74) is 1.07. The average molecular weight is 281 g/mol. The Morgan fingerprint density at radius 3 is 2.58 bits per heavy atom. The standard InChI is InChI=1S/C13H16FN3OS/c1-9(10-4-6-11(14)7-5-10)17(2)8-12-15-16-13(18-3)19-12/h4-7,9H,8H2,1-3H3/t9-/m1/s1. The fourth-order valence-electron chi connectivity index (χ4n) is 1.73. The van der Waals surface area contributed by atoms with Gasteiger partial charge in [0, 0.05) is 6.04 Å². The molecule has 2 aromatic rings. The smallest absolute Gasteiger partial charge is 0.293 e. The lowest BCUT2D eigenvalue weighted by atomic mass is 10.1. The van der Waals surface area contributed by atoms with Gasteiger partial charge in [-0.05, 0) is 31.7 Å². The van der Waals surface area contributed by atoms with E-state index in [-0.39, 0.29) is 11.9 Å². The Balaban J connectivity index is 2.02. The molecule has 1 aromatic heterocycles. The molecule has 0 unspecified atom stereocenters. The lowest BCUT2D eigenvalue weighted by Gasteiger charge is -2.23. The van der Waals surface area contributed by atoms with Crippen LogP contribution in [0.25, 0.3) is 0 Å². The molecular formula is C13H16FN3OS. The van der Waals surface area contributed by atoms with Crippen molar-refractivity contribution in [3.63, 3.8) is 0 Å². The minimum absolute atomic E-state index is 0.176. The number of benzene rings is 1. The molecule has 0 aliphatic heterocycles.